The number of anilines is 3. The average molecular weight is 563 g/mol. The number of rotatable bonds is 12. The van der Waals surface area contributed by atoms with Crippen LogP contribution in [-0.2, 0) is 0 Å². The lowest BCUT2D eigenvalue weighted by Gasteiger charge is -2.19. The SMILES string of the molecule is C/C=C\c1cc(OI)cc(NCCNC(CC)CCNc2ccc(F)c3cccnc23)c1N. The number of hydrogen-bond acceptors (Lipinski definition) is 6. The van der Waals surface area contributed by atoms with Crippen LogP contribution in [-0.4, -0.2) is 30.7 Å². The summed E-state index contributed by atoms with van der Waals surface area (Å²) in [6, 6.07) is 10.9. The maximum Gasteiger partial charge on any atom is 0.192 e. The van der Waals surface area contributed by atoms with E-state index in [4.69, 9.17) is 8.80 Å². The Kier molecular flexibility index (Phi) is 9.56. The smallest absolute Gasteiger partial charge is 0.192 e. The zero-order valence-electron chi connectivity index (χ0n) is 19.0. The molecule has 3 aromatic rings. The molecule has 0 spiro atoms. The minimum Gasteiger partial charge on any atom is -0.428 e. The molecule has 1 unspecified atom stereocenters. The first kappa shape index (κ1) is 25.0. The second kappa shape index (κ2) is 12.6. The summed E-state index contributed by atoms with van der Waals surface area (Å²) in [5, 5.41) is 11.0. The van der Waals surface area contributed by atoms with Crippen molar-refractivity contribution in [3.05, 3.63) is 60.1 Å². The molecule has 1 heterocycles. The maximum absolute atomic E-state index is 14.0. The van der Waals surface area contributed by atoms with Gasteiger partial charge >= 0.3 is 0 Å². The Balaban J connectivity index is 1.49. The van der Waals surface area contributed by atoms with Crippen LogP contribution >= 0.6 is 23.0 Å². The molecule has 5 N–H and O–H groups in total. The van der Waals surface area contributed by atoms with Crippen molar-refractivity contribution in [3.8, 4) is 5.75 Å². The van der Waals surface area contributed by atoms with Crippen LogP contribution in [0.2, 0.25) is 0 Å². The molecule has 0 fully saturated rings. The van der Waals surface area contributed by atoms with Crippen molar-refractivity contribution in [2.24, 2.45) is 0 Å². The maximum atomic E-state index is 14.0. The first-order valence-corrected chi connectivity index (χ1v) is 12.0. The fraction of sp³-hybridized carbons (Fsp3) is 0.320. The molecular weight excluding hydrogens is 532 g/mol. The summed E-state index contributed by atoms with van der Waals surface area (Å²) in [4.78, 5) is 4.34. The summed E-state index contributed by atoms with van der Waals surface area (Å²) >= 11 is 1.87. The van der Waals surface area contributed by atoms with Crippen molar-refractivity contribution < 1.29 is 7.46 Å². The van der Waals surface area contributed by atoms with Gasteiger partial charge < -0.3 is 24.8 Å². The number of nitrogens with two attached hydrogens (primary N) is 1. The molecular formula is C25H31FIN5O. The monoisotopic (exact) mass is 563 g/mol. The molecule has 0 saturated heterocycles. The van der Waals surface area contributed by atoms with Gasteiger partial charge in [0.2, 0.25) is 0 Å². The van der Waals surface area contributed by atoms with E-state index in [0.717, 1.165) is 55.2 Å². The topological polar surface area (TPSA) is 84.2 Å². The number of benzene rings is 2. The third-order valence-electron chi connectivity index (χ3n) is 5.51. The Morgan fingerprint density at radius 2 is 1.97 bits per heavy atom. The van der Waals surface area contributed by atoms with Gasteiger partial charge in [-0.1, -0.05) is 19.1 Å². The van der Waals surface area contributed by atoms with Crippen LogP contribution in [0.4, 0.5) is 21.5 Å². The van der Waals surface area contributed by atoms with Gasteiger partial charge in [-0.2, -0.15) is 0 Å². The average Bonchev–Trinajstić information content (AvgIpc) is 2.84. The number of halogens is 2. The van der Waals surface area contributed by atoms with Crippen LogP contribution in [0.5, 0.6) is 5.75 Å². The van der Waals surface area contributed by atoms with Gasteiger partial charge in [-0.25, -0.2) is 4.39 Å². The number of hydrogen-bond donors (Lipinski definition) is 4. The predicted octanol–water partition coefficient (Wildman–Crippen LogP) is 6.00. The van der Waals surface area contributed by atoms with Crippen LogP contribution in [0.1, 0.15) is 32.3 Å². The van der Waals surface area contributed by atoms with E-state index in [0.29, 0.717) is 22.6 Å². The van der Waals surface area contributed by atoms with E-state index in [1.54, 1.807) is 24.4 Å². The van der Waals surface area contributed by atoms with Crippen LogP contribution in [0.25, 0.3) is 17.0 Å². The highest BCUT2D eigenvalue weighted by Crippen LogP contribution is 2.31. The van der Waals surface area contributed by atoms with Gasteiger partial charge in [0.25, 0.3) is 0 Å². The Hall–Kier alpha value is -2.59. The van der Waals surface area contributed by atoms with E-state index in [9.17, 15) is 4.39 Å². The molecule has 3 rings (SSSR count). The van der Waals surface area contributed by atoms with Crippen LogP contribution in [0.3, 0.4) is 0 Å². The molecule has 176 valence electrons. The highest BCUT2D eigenvalue weighted by atomic mass is 127. The van der Waals surface area contributed by atoms with Crippen LogP contribution in [0.15, 0.2) is 48.7 Å². The normalized spacial score (nSPS) is 12.2. The number of fused-ring (bicyclic) bond motifs is 1. The molecule has 1 atom stereocenters. The fourth-order valence-corrected chi connectivity index (χ4v) is 4.00. The van der Waals surface area contributed by atoms with E-state index in [1.165, 1.54) is 6.07 Å². The Morgan fingerprint density at radius 3 is 2.73 bits per heavy atom. The Morgan fingerprint density at radius 1 is 1.15 bits per heavy atom. The summed E-state index contributed by atoms with van der Waals surface area (Å²) in [6.07, 6.45) is 7.56. The van der Waals surface area contributed by atoms with E-state index in [2.05, 4.69) is 27.9 Å². The quantitative estimate of drug-likeness (QED) is 0.123. The minimum absolute atomic E-state index is 0.252. The first-order valence-electron chi connectivity index (χ1n) is 11.2. The highest BCUT2D eigenvalue weighted by Gasteiger charge is 2.10. The second-order valence-corrected chi connectivity index (χ2v) is 8.19. The molecule has 0 aliphatic rings. The van der Waals surface area contributed by atoms with Gasteiger partial charge in [-0.3, -0.25) is 4.98 Å². The lowest BCUT2D eigenvalue weighted by atomic mass is 10.1. The highest BCUT2D eigenvalue weighted by molar-refractivity contribution is 14.1. The van der Waals surface area contributed by atoms with Crippen molar-refractivity contribution in [3.63, 3.8) is 0 Å². The molecule has 6 nitrogen and oxygen atoms in total. The Labute approximate surface area is 208 Å². The summed E-state index contributed by atoms with van der Waals surface area (Å²) < 4.78 is 19.4. The van der Waals surface area contributed by atoms with Gasteiger partial charge in [-0.05, 0) is 50.1 Å². The zero-order valence-corrected chi connectivity index (χ0v) is 21.2. The fourth-order valence-electron chi connectivity index (χ4n) is 3.74. The summed E-state index contributed by atoms with van der Waals surface area (Å²) in [6.45, 7) is 6.43. The molecule has 0 bridgehead atoms. The van der Waals surface area contributed by atoms with Gasteiger partial charge in [0.05, 0.1) is 22.6 Å². The third kappa shape index (κ3) is 6.70. The summed E-state index contributed by atoms with van der Waals surface area (Å²) in [7, 11) is 0. The lowest BCUT2D eigenvalue weighted by molar-refractivity contribution is 0.487. The molecule has 8 heteroatoms. The molecule has 1 aromatic heterocycles. The second-order valence-electron chi connectivity index (χ2n) is 7.75. The van der Waals surface area contributed by atoms with Crippen LogP contribution in [0, 0.1) is 5.82 Å². The molecule has 0 aliphatic carbocycles. The van der Waals surface area contributed by atoms with Gasteiger partial charge in [0.1, 0.15) is 11.6 Å². The molecule has 2 aromatic carbocycles. The van der Waals surface area contributed by atoms with Gasteiger partial charge in [-0.15, -0.1) is 0 Å². The number of allylic oxidation sites excluding steroid dienone is 1. The standard InChI is InChI=1S/C25H31FIN5O/c1-3-6-17-15-19(33-27)16-23(24(17)28)31-14-13-29-18(4-2)10-12-30-22-9-8-21(26)20-7-5-11-32-25(20)22/h3,5-9,11,15-16,18,29-31H,4,10,12-14,28H2,1-2H3/b6-3-. The minimum atomic E-state index is -0.252. The number of nitrogens with one attached hydrogen (secondary N) is 3. The van der Waals surface area contributed by atoms with Gasteiger partial charge in [0.15, 0.2) is 23.0 Å². The largest absolute Gasteiger partial charge is 0.428 e. The molecule has 0 aliphatic heterocycles. The number of pyridine rings is 1. The molecule has 0 saturated carbocycles. The van der Waals surface area contributed by atoms with Crippen molar-refractivity contribution in [2.45, 2.75) is 32.7 Å². The molecule has 0 amide bonds. The molecule has 0 radical (unpaired) electrons. The predicted molar refractivity (Wildman–Crippen MR) is 146 cm³/mol. The van der Waals surface area contributed by atoms with E-state index < -0.39 is 0 Å². The van der Waals surface area contributed by atoms with E-state index in [-0.39, 0.29) is 5.82 Å². The van der Waals surface area contributed by atoms with Gasteiger partial charge in [0, 0.05) is 48.9 Å². The summed E-state index contributed by atoms with van der Waals surface area (Å²) in [5.74, 6) is 0.506. The number of aromatic nitrogens is 1. The summed E-state index contributed by atoms with van der Waals surface area (Å²) in [5.41, 5.74) is 10.3. The van der Waals surface area contributed by atoms with E-state index in [1.807, 2.05) is 54.2 Å². The third-order valence-corrected chi connectivity index (χ3v) is 6.02. The number of nitrogens with zero attached hydrogens (tertiary/aromatic N) is 1. The lowest BCUT2D eigenvalue weighted by Crippen LogP contribution is -2.34. The zero-order chi connectivity index (χ0) is 23.6. The molecule has 33 heavy (non-hydrogen) atoms. The van der Waals surface area contributed by atoms with Crippen LogP contribution < -0.4 is 24.8 Å². The van der Waals surface area contributed by atoms with Crippen molar-refractivity contribution >= 4 is 57.0 Å². The van der Waals surface area contributed by atoms with Crippen molar-refractivity contribution in [1.82, 2.24) is 10.3 Å². The van der Waals surface area contributed by atoms with Crippen molar-refractivity contribution in [2.75, 3.05) is 36.0 Å². The first-order chi connectivity index (χ1) is 16.1. The Bertz CT molecular complexity index is 1090. The van der Waals surface area contributed by atoms with E-state index >= 15 is 0 Å². The number of nitrogen functional groups attached to an aromatic ring is 1. The van der Waals surface area contributed by atoms with Crippen molar-refractivity contribution in [1.29, 1.82) is 0 Å².